The van der Waals surface area contributed by atoms with Gasteiger partial charge >= 0.3 is 0 Å². The summed E-state index contributed by atoms with van der Waals surface area (Å²) < 4.78 is 10.6. The van der Waals surface area contributed by atoms with Gasteiger partial charge in [-0.3, -0.25) is 4.79 Å². The van der Waals surface area contributed by atoms with Gasteiger partial charge in [0.15, 0.2) is 12.4 Å². The molecular formula is C14H16N2O3. The van der Waals surface area contributed by atoms with Crippen LogP contribution in [0, 0.1) is 0 Å². The average Bonchev–Trinajstić information content (AvgIpc) is 2.85. The van der Waals surface area contributed by atoms with Gasteiger partial charge in [0.2, 0.25) is 11.7 Å². The van der Waals surface area contributed by atoms with E-state index in [4.69, 9.17) is 9.26 Å². The minimum absolute atomic E-state index is 0.00948. The molecule has 0 saturated carbocycles. The molecule has 1 aromatic carbocycles. The highest BCUT2D eigenvalue weighted by molar-refractivity contribution is 5.94. The van der Waals surface area contributed by atoms with Crippen LogP contribution in [-0.4, -0.2) is 15.9 Å². The Morgan fingerprint density at radius 2 is 2.26 bits per heavy atom. The van der Waals surface area contributed by atoms with Gasteiger partial charge in [-0.1, -0.05) is 24.2 Å². The molecule has 0 aliphatic carbocycles. The van der Waals surface area contributed by atoms with Crippen LogP contribution in [0.4, 0.5) is 0 Å². The normalized spacial score (nSPS) is 10.4. The minimum atomic E-state index is 0.00948. The molecule has 0 spiro atoms. The quantitative estimate of drug-likeness (QED) is 0.747. The standard InChI is InChI=1S/C14H16N2O3/c1-3-5-14-15-13(16-19-14)9-18-12-7-4-6-11(8-12)10(2)17/h4,6-8H,3,5,9H2,1-2H3. The summed E-state index contributed by atoms with van der Waals surface area (Å²) in [6, 6.07) is 7.03. The highest BCUT2D eigenvalue weighted by atomic mass is 16.5. The molecule has 0 atom stereocenters. The molecule has 0 amide bonds. The van der Waals surface area contributed by atoms with Crippen LogP contribution in [0.2, 0.25) is 0 Å². The lowest BCUT2D eigenvalue weighted by molar-refractivity contribution is 0.101. The maximum atomic E-state index is 11.3. The molecule has 0 aliphatic rings. The number of carbonyl (C=O) groups is 1. The van der Waals surface area contributed by atoms with E-state index in [9.17, 15) is 4.79 Å². The lowest BCUT2D eigenvalue weighted by Gasteiger charge is -2.04. The van der Waals surface area contributed by atoms with Gasteiger partial charge in [0, 0.05) is 12.0 Å². The molecule has 0 unspecified atom stereocenters. The predicted molar refractivity (Wildman–Crippen MR) is 69.1 cm³/mol. The summed E-state index contributed by atoms with van der Waals surface area (Å²) in [5.74, 6) is 1.76. The molecule has 1 heterocycles. The first-order valence-electron chi connectivity index (χ1n) is 6.24. The van der Waals surface area contributed by atoms with Gasteiger partial charge < -0.3 is 9.26 Å². The number of hydrogen-bond acceptors (Lipinski definition) is 5. The van der Waals surface area contributed by atoms with Crippen molar-refractivity contribution < 1.29 is 14.1 Å². The smallest absolute Gasteiger partial charge is 0.226 e. The predicted octanol–water partition coefficient (Wildman–Crippen LogP) is 2.80. The molecular weight excluding hydrogens is 244 g/mol. The Bertz CT molecular complexity index is 563. The third kappa shape index (κ3) is 3.64. The maximum absolute atomic E-state index is 11.3. The lowest BCUT2D eigenvalue weighted by Crippen LogP contribution is -1.99. The summed E-state index contributed by atoms with van der Waals surface area (Å²) in [6.07, 6.45) is 1.73. The molecule has 5 nitrogen and oxygen atoms in total. The summed E-state index contributed by atoms with van der Waals surface area (Å²) in [4.78, 5) is 15.5. The number of aromatic nitrogens is 2. The second-order valence-electron chi connectivity index (χ2n) is 4.23. The molecule has 5 heteroatoms. The third-order valence-corrected chi connectivity index (χ3v) is 2.58. The van der Waals surface area contributed by atoms with Gasteiger partial charge in [-0.25, -0.2) is 0 Å². The molecule has 1 aromatic heterocycles. The Balaban J connectivity index is 1.97. The summed E-state index contributed by atoms with van der Waals surface area (Å²) in [6.45, 7) is 3.80. The molecule has 0 radical (unpaired) electrons. The van der Waals surface area contributed by atoms with Crippen molar-refractivity contribution in [3.63, 3.8) is 0 Å². The van der Waals surface area contributed by atoms with Crippen molar-refractivity contribution in [3.05, 3.63) is 41.5 Å². The number of rotatable bonds is 6. The molecule has 100 valence electrons. The van der Waals surface area contributed by atoms with E-state index in [0.29, 0.717) is 23.0 Å². The van der Waals surface area contributed by atoms with Gasteiger partial charge in [0.05, 0.1) is 0 Å². The van der Waals surface area contributed by atoms with Crippen molar-refractivity contribution in [2.45, 2.75) is 33.3 Å². The summed E-state index contributed by atoms with van der Waals surface area (Å²) in [5.41, 5.74) is 0.622. The Kier molecular flexibility index (Phi) is 4.28. The van der Waals surface area contributed by atoms with Crippen molar-refractivity contribution in [1.82, 2.24) is 10.1 Å². The number of Topliss-reactive ketones (excluding diaryl/α,β-unsaturated/α-hetero) is 1. The van der Waals surface area contributed by atoms with E-state index in [2.05, 4.69) is 10.1 Å². The Labute approximate surface area is 111 Å². The SMILES string of the molecule is CCCc1nc(COc2cccc(C(C)=O)c2)no1. The van der Waals surface area contributed by atoms with Crippen molar-refractivity contribution in [2.75, 3.05) is 0 Å². The topological polar surface area (TPSA) is 65.2 Å². The van der Waals surface area contributed by atoms with Crippen molar-refractivity contribution in [1.29, 1.82) is 0 Å². The number of hydrogen-bond donors (Lipinski definition) is 0. The zero-order valence-electron chi connectivity index (χ0n) is 11.0. The largest absolute Gasteiger partial charge is 0.485 e. The average molecular weight is 260 g/mol. The molecule has 2 rings (SSSR count). The molecule has 19 heavy (non-hydrogen) atoms. The van der Waals surface area contributed by atoms with E-state index in [1.54, 1.807) is 24.3 Å². The molecule has 0 aliphatic heterocycles. The van der Waals surface area contributed by atoms with E-state index in [1.807, 2.05) is 6.92 Å². The fourth-order valence-electron chi connectivity index (χ4n) is 1.62. The van der Waals surface area contributed by atoms with Crippen LogP contribution in [0.3, 0.4) is 0 Å². The third-order valence-electron chi connectivity index (χ3n) is 2.58. The van der Waals surface area contributed by atoms with Crippen molar-refractivity contribution in [3.8, 4) is 5.75 Å². The van der Waals surface area contributed by atoms with E-state index >= 15 is 0 Å². The number of ketones is 1. The first-order valence-corrected chi connectivity index (χ1v) is 6.24. The van der Waals surface area contributed by atoms with Crippen LogP contribution >= 0.6 is 0 Å². The van der Waals surface area contributed by atoms with Gasteiger partial charge in [0.1, 0.15) is 5.75 Å². The van der Waals surface area contributed by atoms with Crippen LogP contribution in [-0.2, 0) is 13.0 Å². The van der Waals surface area contributed by atoms with Crippen LogP contribution in [0.25, 0.3) is 0 Å². The molecule has 0 bridgehead atoms. The second-order valence-corrected chi connectivity index (χ2v) is 4.23. The highest BCUT2D eigenvalue weighted by Gasteiger charge is 2.07. The number of nitrogens with zero attached hydrogens (tertiary/aromatic N) is 2. The van der Waals surface area contributed by atoms with E-state index < -0.39 is 0 Å². The number of ether oxygens (including phenoxy) is 1. The van der Waals surface area contributed by atoms with Crippen LogP contribution in [0.5, 0.6) is 5.75 Å². The monoisotopic (exact) mass is 260 g/mol. The first-order chi connectivity index (χ1) is 9.19. The fraction of sp³-hybridized carbons (Fsp3) is 0.357. The fourth-order valence-corrected chi connectivity index (χ4v) is 1.62. The zero-order chi connectivity index (χ0) is 13.7. The molecule has 0 N–H and O–H groups in total. The van der Waals surface area contributed by atoms with Gasteiger partial charge in [0.25, 0.3) is 0 Å². The summed E-state index contributed by atoms with van der Waals surface area (Å²) in [5, 5.41) is 3.83. The molecule has 0 saturated heterocycles. The van der Waals surface area contributed by atoms with Gasteiger partial charge in [-0.15, -0.1) is 0 Å². The molecule has 0 fully saturated rings. The maximum Gasteiger partial charge on any atom is 0.226 e. The van der Waals surface area contributed by atoms with E-state index in [-0.39, 0.29) is 12.4 Å². The number of benzene rings is 1. The van der Waals surface area contributed by atoms with Crippen LogP contribution in [0.15, 0.2) is 28.8 Å². The number of carbonyl (C=O) groups excluding carboxylic acids is 1. The van der Waals surface area contributed by atoms with E-state index in [0.717, 1.165) is 12.8 Å². The van der Waals surface area contributed by atoms with Gasteiger partial charge in [-0.05, 0) is 25.5 Å². The zero-order valence-corrected chi connectivity index (χ0v) is 11.0. The van der Waals surface area contributed by atoms with Crippen molar-refractivity contribution in [2.24, 2.45) is 0 Å². The highest BCUT2D eigenvalue weighted by Crippen LogP contribution is 2.15. The minimum Gasteiger partial charge on any atom is -0.485 e. The number of aryl methyl sites for hydroxylation is 1. The van der Waals surface area contributed by atoms with Crippen LogP contribution < -0.4 is 4.74 Å². The Morgan fingerprint density at radius 1 is 1.42 bits per heavy atom. The van der Waals surface area contributed by atoms with E-state index in [1.165, 1.54) is 6.92 Å². The summed E-state index contributed by atoms with van der Waals surface area (Å²) >= 11 is 0. The van der Waals surface area contributed by atoms with Crippen molar-refractivity contribution >= 4 is 5.78 Å². The first kappa shape index (κ1) is 13.3. The van der Waals surface area contributed by atoms with Gasteiger partial charge in [-0.2, -0.15) is 4.98 Å². The van der Waals surface area contributed by atoms with Crippen LogP contribution in [0.1, 0.15) is 42.3 Å². The Morgan fingerprint density at radius 3 is 3.00 bits per heavy atom. The molecule has 2 aromatic rings. The lowest BCUT2D eigenvalue weighted by atomic mass is 10.1. The Hall–Kier alpha value is -2.17. The summed E-state index contributed by atoms with van der Waals surface area (Å²) in [7, 11) is 0. The second kappa shape index (κ2) is 6.13.